The van der Waals surface area contributed by atoms with Crippen molar-refractivity contribution in [2.75, 3.05) is 26.2 Å². The van der Waals surface area contributed by atoms with E-state index >= 15 is 0 Å². The molecule has 10 heteroatoms. The lowest BCUT2D eigenvalue weighted by Crippen LogP contribution is -2.48. The molecule has 0 bridgehead atoms. The molecular formula is C23H20Cl2N6O2. The fourth-order valence-corrected chi connectivity index (χ4v) is 3.94. The summed E-state index contributed by atoms with van der Waals surface area (Å²) in [6.07, 6.45) is 3.34. The fourth-order valence-electron chi connectivity index (χ4n) is 3.69. The number of aromatic nitrogens is 4. The van der Waals surface area contributed by atoms with Crippen molar-refractivity contribution in [1.29, 1.82) is 0 Å². The molecule has 2 aromatic carbocycles. The van der Waals surface area contributed by atoms with Crippen LogP contribution < -0.4 is 0 Å². The molecule has 8 nitrogen and oxygen atoms in total. The molecule has 0 N–H and O–H groups in total. The Morgan fingerprint density at radius 1 is 0.939 bits per heavy atom. The number of hydrogen-bond donors (Lipinski definition) is 0. The van der Waals surface area contributed by atoms with Crippen molar-refractivity contribution in [1.82, 2.24) is 29.7 Å². The molecule has 0 spiro atoms. The lowest BCUT2D eigenvalue weighted by Gasteiger charge is -2.33. The number of benzene rings is 2. The van der Waals surface area contributed by atoms with E-state index in [4.69, 9.17) is 27.7 Å². The van der Waals surface area contributed by atoms with Gasteiger partial charge in [-0.15, -0.1) is 0 Å². The summed E-state index contributed by atoms with van der Waals surface area (Å²) < 4.78 is 7.09. The molecule has 5 rings (SSSR count). The molecule has 1 amide bonds. The molecule has 0 atom stereocenters. The second kappa shape index (κ2) is 9.35. The SMILES string of the molecule is O=C(c1cnn(-c2ccc(Cl)cc2)c1)N1CCN(Cc2nc(-c3ccc(Cl)cc3)no2)CC1. The van der Waals surface area contributed by atoms with Gasteiger partial charge in [0.15, 0.2) is 0 Å². The molecule has 1 aliphatic heterocycles. The highest BCUT2D eigenvalue weighted by atomic mass is 35.5. The van der Waals surface area contributed by atoms with Crippen LogP contribution in [-0.4, -0.2) is 61.8 Å². The van der Waals surface area contributed by atoms with Crippen molar-refractivity contribution in [3.8, 4) is 17.1 Å². The van der Waals surface area contributed by atoms with E-state index in [-0.39, 0.29) is 5.91 Å². The number of piperazine rings is 1. The molecule has 1 aliphatic rings. The molecule has 0 saturated carbocycles. The number of carbonyl (C=O) groups excluding carboxylic acids is 1. The minimum atomic E-state index is -0.0299. The zero-order chi connectivity index (χ0) is 22.8. The second-order valence-electron chi connectivity index (χ2n) is 7.74. The maximum absolute atomic E-state index is 12.9. The van der Waals surface area contributed by atoms with Gasteiger partial charge in [-0.1, -0.05) is 28.4 Å². The standard InChI is InChI=1S/C23H20Cl2N6O2/c24-18-3-1-16(2-4-18)22-27-21(33-28-22)15-29-9-11-30(12-10-29)23(32)17-13-26-31(14-17)20-7-5-19(25)6-8-20/h1-8,13-14H,9-12,15H2. The molecule has 1 saturated heterocycles. The van der Waals surface area contributed by atoms with E-state index in [9.17, 15) is 4.79 Å². The Morgan fingerprint density at radius 3 is 2.30 bits per heavy atom. The molecular weight excluding hydrogens is 463 g/mol. The Bertz CT molecular complexity index is 1240. The molecule has 1 fully saturated rings. The van der Waals surface area contributed by atoms with E-state index in [2.05, 4.69) is 20.1 Å². The van der Waals surface area contributed by atoms with E-state index in [0.29, 0.717) is 47.0 Å². The molecule has 2 aromatic heterocycles. The number of halogens is 2. The summed E-state index contributed by atoms with van der Waals surface area (Å²) in [5.41, 5.74) is 2.26. The van der Waals surface area contributed by atoms with Gasteiger partial charge in [-0.05, 0) is 48.5 Å². The van der Waals surface area contributed by atoms with Gasteiger partial charge >= 0.3 is 0 Å². The Hall–Kier alpha value is -3.20. The van der Waals surface area contributed by atoms with Gasteiger partial charge in [-0.3, -0.25) is 9.69 Å². The highest BCUT2D eigenvalue weighted by Gasteiger charge is 2.24. The molecule has 0 radical (unpaired) electrons. The topological polar surface area (TPSA) is 80.3 Å². The first-order valence-electron chi connectivity index (χ1n) is 10.5. The molecule has 0 unspecified atom stereocenters. The van der Waals surface area contributed by atoms with Crippen LogP contribution in [0.4, 0.5) is 0 Å². The van der Waals surface area contributed by atoms with Gasteiger partial charge < -0.3 is 9.42 Å². The number of carbonyl (C=O) groups is 1. The van der Waals surface area contributed by atoms with Crippen LogP contribution in [0, 0.1) is 0 Å². The summed E-state index contributed by atoms with van der Waals surface area (Å²) in [6, 6.07) is 14.6. The minimum absolute atomic E-state index is 0.0299. The Kier molecular flexibility index (Phi) is 6.13. The highest BCUT2D eigenvalue weighted by Crippen LogP contribution is 2.20. The number of nitrogens with zero attached hydrogens (tertiary/aromatic N) is 6. The average molecular weight is 483 g/mol. The third-order valence-corrected chi connectivity index (χ3v) is 6.01. The zero-order valence-electron chi connectivity index (χ0n) is 17.6. The van der Waals surface area contributed by atoms with Crippen LogP contribution >= 0.6 is 23.2 Å². The van der Waals surface area contributed by atoms with Crippen LogP contribution in [0.25, 0.3) is 17.1 Å². The Morgan fingerprint density at radius 2 is 1.61 bits per heavy atom. The quantitative estimate of drug-likeness (QED) is 0.424. The van der Waals surface area contributed by atoms with Crippen LogP contribution in [-0.2, 0) is 6.54 Å². The summed E-state index contributed by atoms with van der Waals surface area (Å²) >= 11 is 11.9. The molecule has 168 valence electrons. The fraction of sp³-hybridized carbons (Fsp3) is 0.217. The van der Waals surface area contributed by atoms with Gasteiger partial charge in [0.25, 0.3) is 5.91 Å². The van der Waals surface area contributed by atoms with Crippen molar-refractivity contribution >= 4 is 29.1 Å². The molecule has 3 heterocycles. The van der Waals surface area contributed by atoms with Crippen molar-refractivity contribution in [3.63, 3.8) is 0 Å². The summed E-state index contributed by atoms with van der Waals surface area (Å²) in [6.45, 7) is 3.20. The predicted molar refractivity (Wildman–Crippen MR) is 124 cm³/mol. The van der Waals surface area contributed by atoms with Gasteiger partial charge in [0.05, 0.1) is 24.0 Å². The van der Waals surface area contributed by atoms with Crippen LogP contribution in [0.5, 0.6) is 0 Å². The molecule has 4 aromatic rings. The summed E-state index contributed by atoms with van der Waals surface area (Å²) in [5.74, 6) is 1.05. The highest BCUT2D eigenvalue weighted by molar-refractivity contribution is 6.30. The third kappa shape index (κ3) is 4.93. The summed E-state index contributed by atoms with van der Waals surface area (Å²) in [7, 11) is 0. The van der Waals surface area contributed by atoms with Crippen LogP contribution in [0.1, 0.15) is 16.2 Å². The van der Waals surface area contributed by atoms with E-state index in [1.54, 1.807) is 41.3 Å². The number of amides is 1. The normalized spacial score (nSPS) is 14.5. The third-order valence-electron chi connectivity index (χ3n) is 5.51. The maximum atomic E-state index is 12.9. The molecule has 33 heavy (non-hydrogen) atoms. The first-order chi connectivity index (χ1) is 16.0. The Labute approximate surface area is 200 Å². The lowest BCUT2D eigenvalue weighted by molar-refractivity contribution is 0.0615. The van der Waals surface area contributed by atoms with Gasteiger partial charge in [0, 0.05) is 48.0 Å². The number of hydrogen-bond acceptors (Lipinski definition) is 6. The van der Waals surface area contributed by atoms with E-state index < -0.39 is 0 Å². The van der Waals surface area contributed by atoms with Crippen LogP contribution in [0.2, 0.25) is 10.0 Å². The minimum Gasteiger partial charge on any atom is -0.338 e. The lowest BCUT2D eigenvalue weighted by atomic mass is 10.2. The summed E-state index contributed by atoms with van der Waals surface area (Å²) in [4.78, 5) is 21.4. The Balaban J connectivity index is 1.16. The maximum Gasteiger partial charge on any atom is 0.257 e. The van der Waals surface area contributed by atoms with E-state index in [1.807, 2.05) is 29.2 Å². The van der Waals surface area contributed by atoms with Crippen LogP contribution in [0.3, 0.4) is 0 Å². The number of rotatable bonds is 5. The van der Waals surface area contributed by atoms with Crippen molar-refractivity contribution in [2.24, 2.45) is 0 Å². The van der Waals surface area contributed by atoms with E-state index in [0.717, 1.165) is 24.3 Å². The average Bonchev–Trinajstić information content (AvgIpc) is 3.51. The zero-order valence-corrected chi connectivity index (χ0v) is 19.1. The molecule has 0 aliphatic carbocycles. The van der Waals surface area contributed by atoms with E-state index in [1.165, 1.54) is 0 Å². The predicted octanol–water partition coefficient (Wildman–Crippen LogP) is 4.19. The van der Waals surface area contributed by atoms with Crippen molar-refractivity contribution < 1.29 is 9.32 Å². The second-order valence-corrected chi connectivity index (χ2v) is 8.61. The largest absolute Gasteiger partial charge is 0.338 e. The van der Waals surface area contributed by atoms with Gasteiger partial charge in [0.2, 0.25) is 11.7 Å². The first kappa shape index (κ1) is 21.6. The van der Waals surface area contributed by atoms with Gasteiger partial charge in [-0.2, -0.15) is 10.1 Å². The summed E-state index contributed by atoms with van der Waals surface area (Å²) in [5, 5.41) is 9.69. The smallest absolute Gasteiger partial charge is 0.257 e. The van der Waals surface area contributed by atoms with Crippen molar-refractivity contribution in [3.05, 3.63) is 82.4 Å². The van der Waals surface area contributed by atoms with Gasteiger partial charge in [-0.25, -0.2) is 4.68 Å². The van der Waals surface area contributed by atoms with Gasteiger partial charge in [0.1, 0.15) is 0 Å². The first-order valence-corrected chi connectivity index (χ1v) is 11.2. The monoisotopic (exact) mass is 482 g/mol. The van der Waals surface area contributed by atoms with Crippen molar-refractivity contribution in [2.45, 2.75) is 6.54 Å². The van der Waals surface area contributed by atoms with Crippen LogP contribution in [0.15, 0.2) is 65.4 Å².